The summed E-state index contributed by atoms with van der Waals surface area (Å²) in [5, 5.41) is 0. The third-order valence-corrected chi connectivity index (χ3v) is 4.32. The van der Waals surface area contributed by atoms with E-state index in [0.29, 0.717) is 6.42 Å². The molecule has 0 spiro atoms. The van der Waals surface area contributed by atoms with Crippen LogP contribution in [0.1, 0.15) is 124 Å². The van der Waals surface area contributed by atoms with Crippen LogP contribution in [-0.4, -0.2) is 17.4 Å². The summed E-state index contributed by atoms with van der Waals surface area (Å²) in [6, 6.07) is 0. The molecule has 0 N–H and O–H groups in total. The van der Waals surface area contributed by atoms with Crippen molar-refractivity contribution < 1.29 is 14.3 Å². The summed E-state index contributed by atoms with van der Waals surface area (Å²) in [7, 11) is 0. The molecule has 0 aliphatic rings. The van der Waals surface area contributed by atoms with Crippen molar-refractivity contribution in [3.8, 4) is 0 Å². The molecule has 0 aromatic rings. The molecule has 0 saturated carbocycles. The van der Waals surface area contributed by atoms with Crippen molar-refractivity contribution in [3.63, 3.8) is 0 Å². The van der Waals surface area contributed by atoms with E-state index >= 15 is 0 Å². The van der Waals surface area contributed by atoms with Gasteiger partial charge in [-0.1, -0.05) is 84.0 Å². The molecule has 25 heavy (non-hydrogen) atoms. The highest BCUT2D eigenvalue weighted by atomic mass is 16.6. The van der Waals surface area contributed by atoms with Crippen LogP contribution < -0.4 is 0 Å². The molecule has 0 aromatic carbocycles. The Morgan fingerprint density at radius 2 is 1.08 bits per heavy atom. The van der Waals surface area contributed by atoms with Crippen molar-refractivity contribution in [2.24, 2.45) is 0 Å². The predicted molar refractivity (Wildman–Crippen MR) is 106 cm³/mol. The molecule has 0 fully saturated rings. The Bertz CT molecular complexity index is 342. The maximum atomic E-state index is 11.7. The highest BCUT2D eigenvalue weighted by molar-refractivity contribution is 5.95. The Kier molecular flexibility index (Phi) is 14.9. The van der Waals surface area contributed by atoms with Gasteiger partial charge in [-0.15, -0.1) is 0 Å². The van der Waals surface area contributed by atoms with Crippen molar-refractivity contribution >= 4 is 11.8 Å². The molecule has 0 aromatic heterocycles. The molecule has 0 atom stereocenters. The smallest absolute Gasteiger partial charge is 0.313 e. The van der Waals surface area contributed by atoms with Gasteiger partial charge < -0.3 is 4.74 Å². The molecule has 0 aliphatic carbocycles. The third kappa shape index (κ3) is 19.3. The fourth-order valence-corrected chi connectivity index (χ4v) is 2.97. The summed E-state index contributed by atoms with van der Waals surface area (Å²) in [6.07, 6.45) is 17.3. The summed E-state index contributed by atoms with van der Waals surface area (Å²) < 4.78 is 5.17. The zero-order chi connectivity index (χ0) is 19.0. The molecule has 3 heteroatoms. The molecule has 0 unspecified atom stereocenters. The van der Waals surface area contributed by atoms with E-state index in [2.05, 4.69) is 6.92 Å². The topological polar surface area (TPSA) is 43.4 Å². The number of esters is 1. The van der Waals surface area contributed by atoms with Gasteiger partial charge in [-0.3, -0.25) is 9.59 Å². The van der Waals surface area contributed by atoms with E-state index in [9.17, 15) is 9.59 Å². The van der Waals surface area contributed by atoms with Crippen LogP contribution in [0.4, 0.5) is 0 Å². The van der Waals surface area contributed by atoms with E-state index in [4.69, 9.17) is 4.74 Å². The number of unbranched alkanes of at least 4 members (excludes halogenated alkanes) is 12. The van der Waals surface area contributed by atoms with E-state index in [-0.39, 0.29) is 12.2 Å². The van der Waals surface area contributed by atoms with Crippen molar-refractivity contribution in [3.05, 3.63) is 0 Å². The maximum Gasteiger partial charge on any atom is 0.313 e. The van der Waals surface area contributed by atoms with Gasteiger partial charge in [0.15, 0.2) is 0 Å². The number of ketones is 1. The number of hydrogen-bond acceptors (Lipinski definition) is 3. The molecule has 0 amide bonds. The van der Waals surface area contributed by atoms with Crippen molar-refractivity contribution in [2.75, 3.05) is 0 Å². The summed E-state index contributed by atoms with van der Waals surface area (Å²) in [6.45, 7) is 7.72. The average molecular weight is 355 g/mol. The van der Waals surface area contributed by atoms with Gasteiger partial charge in [0.05, 0.1) is 0 Å². The average Bonchev–Trinajstić information content (AvgIpc) is 2.49. The van der Waals surface area contributed by atoms with Crippen LogP contribution in [0, 0.1) is 0 Å². The van der Waals surface area contributed by atoms with Crippen LogP contribution in [0.3, 0.4) is 0 Å². The van der Waals surface area contributed by atoms with Gasteiger partial charge in [0.25, 0.3) is 0 Å². The zero-order valence-electron chi connectivity index (χ0n) is 17.3. The molecule has 3 nitrogen and oxygen atoms in total. The van der Waals surface area contributed by atoms with Crippen LogP contribution in [0.5, 0.6) is 0 Å². The largest absolute Gasteiger partial charge is 0.460 e. The molecular formula is C22H42O3. The lowest BCUT2D eigenvalue weighted by Gasteiger charge is -2.19. The number of rotatable bonds is 16. The first kappa shape index (κ1) is 24.1. The molecule has 148 valence electrons. The van der Waals surface area contributed by atoms with Crippen LogP contribution in [0.2, 0.25) is 0 Å². The summed E-state index contributed by atoms with van der Waals surface area (Å²) in [4.78, 5) is 23.3. The Morgan fingerprint density at radius 3 is 1.48 bits per heavy atom. The van der Waals surface area contributed by atoms with E-state index in [1.54, 1.807) is 0 Å². The first-order valence-electron chi connectivity index (χ1n) is 10.6. The van der Waals surface area contributed by atoms with Crippen LogP contribution in [0.25, 0.3) is 0 Å². The molecule has 0 bridgehead atoms. The highest BCUT2D eigenvalue weighted by Gasteiger charge is 2.18. The summed E-state index contributed by atoms with van der Waals surface area (Å²) >= 11 is 0. The Balaban J connectivity index is 3.32. The van der Waals surface area contributed by atoms with Gasteiger partial charge in [-0.05, 0) is 27.2 Å². The second-order valence-electron chi connectivity index (χ2n) is 8.29. The van der Waals surface area contributed by atoms with E-state index in [0.717, 1.165) is 12.8 Å². The minimum Gasteiger partial charge on any atom is -0.460 e. The number of ether oxygens (including phenoxy) is 1. The van der Waals surface area contributed by atoms with E-state index < -0.39 is 11.6 Å². The van der Waals surface area contributed by atoms with Gasteiger partial charge in [0.1, 0.15) is 17.8 Å². The van der Waals surface area contributed by atoms with Crippen LogP contribution >= 0.6 is 0 Å². The lowest BCUT2D eigenvalue weighted by Crippen LogP contribution is -2.25. The first-order valence-corrected chi connectivity index (χ1v) is 10.6. The zero-order valence-corrected chi connectivity index (χ0v) is 17.3. The van der Waals surface area contributed by atoms with Gasteiger partial charge in [-0.2, -0.15) is 0 Å². The van der Waals surface area contributed by atoms with E-state index in [1.165, 1.54) is 70.6 Å². The fraction of sp³-hybridized carbons (Fsp3) is 0.909. The van der Waals surface area contributed by atoms with Crippen LogP contribution in [0.15, 0.2) is 0 Å². The first-order chi connectivity index (χ1) is 11.8. The highest BCUT2D eigenvalue weighted by Crippen LogP contribution is 2.14. The van der Waals surface area contributed by atoms with Gasteiger partial charge in [0, 0.05) is 6.42 Å². The van der Waals surface area contributed by atoms with Crippen molar-refractivity contribution in [1.29, 1.82) is 0 Å². The molecule has 0 radical (unpaired) electrons. The second-order valence-corrected chi connectivity index (χ2v) is 8.29. The minimum atomic E-state index is -0.507. The molecule has 0 saturated heterocycles. The lowest BCUT2D eigenvalue weighted by molar-refractivity contribution is -0.156. The van der Waals surface area contributed by atoms with Gasteiger partial charge in [-0.25, -0.2) is 0 Å². The number of Topliss-reactive ketones (excluding diaryl/α,β-unsaturated/α-hetero) is 1. The SMILES string of the molecule is CCCCCCCCCCCCCCCC(=O)CC(=O)OC(C)(C)C. The standard InChI is InChI=1S/C22H42O3/c1-5-6-7-8-9-10-11-12-13-14-15-16-17-18-20(23)19-21(24)25-22(2,3)4/h5-19H2,1-4H3. The summed E-state index contributed by atoms with van der Waals surface area (Å²) in [5.41, 5.74) is -0.507. The Morgan fingerprint density at radius 1 is 0.680 bits per heavy atom. The predicted octanol–water partition coefficient (Wildman–Crippen LogP) is 6.77. The van der Waals surface area contributed by atoms with Crippen LogP contribution in [-0.2, 0) is 14.3 Å². The lowest BCUT2D eigenvalue weighted by atomic mass is 10.0. The number of carbonyl (C=O) groups is 2. The third-order valence-electron chi connectivity index (χ3n) is 4.32. The minimum absolute atomic E-state index is 0.0114. The number of hydrogen-bond donors (Lipinski definition) is 0. The number of carbonyl (C=O) groups excluding carboxylic acids is 2. The van der Waals surface area contributed by atoms with E-state index in [1.807, 2.05) is 20.8 Å². The van der Waals surface area contributed by atoms with Gasteiger partial charge >= 0.3 is 5.97 Å². The Hall–Kier alpha value is -0.860. The van der Waals surface area contributed by atoms with Gasteiger partial charge in [0.2, 0.25) is 0 Å². The second kappa shape index (κ2) is 15.4. The normalized spacial score (nSPS) is 11.5. The molecule has 0 rings (SSSR count). The molecular weight excluding hydrogens is 312 g/mol. The Labute approximate surface area is 156 Å². The monoisotopic (exact) mass is 354 g/mol. The molecule has 0 heterocycles. The summed E-state index contributed by atoms with van der Waals surface area (Å²) in [5.74, 6) is -0.385. The van der Waals surface area contributed by atoms with Crippen molar-refractivity contribution in [1.82, 2.24) is 0 Å². The fourth-order valence-electron chi connectivity index (χ4n) is 2.97. The van der Waals surface area contributed by atoms with Crippen molar-refractivity contribution in [2.45, 2.75) is 130 Å². The quantitative estimate of drug-likeness (QED) is 0.174. The molecule has 0 aliphatic heterocycles. The maximum absolute atomic E-state index is 11.7.